The molecule has 1 fully saturated rings. The van der Waals surface area contributed by atoms with Crippen molar-refractivity contribution < 1.29 is 14.0 Å². The first-order valence-electron chi connectivity index (χ1n) is 8.83. The number of likely N-dealkylation sites (tertiary alicyclic amines) is 1. The van der Waals surface area contributed by atoms with E-state index in [0.717, 1.165) is 47.0 Å². The van der Waals surface area contributed by atoms with Crippen molar-refractivity contribution in [1.82, 2.24) is 15.2 Å². The molecule has 25 heavy (non-hydrogen) atoms. The lowest BCUT2D eigenvalue weighted by atomic mass is 10.1. The summed E-state index contributed by atoms with van der Waals surface area (Å²) in [5.41, 5.74) is 3.71. The van der Waals surface area contributed by atoms with E-state index in [9.17, 15) is 14.0 Å². The molecule has 0 saturated carbocycles. The molecule has 2 N–H and O–H groups in total. The molecule has 0 bridgehead atoms. The third kappa shape index (κ3) is 3.67. The highest BCUT2D eigenvalue weighted by atomic mass is 19.1. The van der Waals surface area contributed by atoms with Gasteiger partial charge in [0.1, 0.15) is 5.82 Å². The van der Waals surface area contributed by atoms with Crippen LogP contribution >= 0.6 is 0 Å². The van der Waals surface area contributed by atoms with Crippen molar-refractivity contribution in [2.45, 2.75) is 46.1 Å². The van der Waals surface area contributed by atoms with Gasteiger partial charge in [0.15, 0.2) is 0 Å². The van der Waals surface area contributed by atoms with E-state index in [-0.39, 0.29) is 30.7 Å². The number of carbonyl (C=O) groups excluding carboxylic acids is 2. The number of H-pyrrole nitrogens is 1. The molecule has 0 spiro atoms. The Bertz CT molecular complexity index is 813. The van der Waals surface area contributed by atoms with Crippen LogP contribution in [-0.4, -0.2) is 34.8 Å². The van der Waals surface area contributed by atoms with Crippen molar-refractivity contribution in [3.63, 3.8) is 0 Å². The second kappa shape index (κ2) is 7.25. The average molecular weight is 345 g/mol. The molecule has 0 radical (unpaired) electrons. The van der Waals surface area contributed by atoms with Crippen LogP contribution in [0.15, 0.2) is 12.1 Å². The molecule has 2 amide bonds. The Hall–Kier alpha value is -2.37. The van der Waals surface area contributed by atoms with Crippen molar-refractivity contribution >= 4 is 22.7 Å². The van der Waals surface area contributed by atoms with E-state index in [0.29, 0.717) is 13.0 Å². The minimum atomic E-state index is -0.312. The highest BCUT2D eigenvalue weighted by Crippen LogP contribution is 2.26. The topological polar surface area (TPSA) is 65.2 Å². The van der Waals surface area contributed by atoms with Crippen molar-refractivity contribution in [1.29, 1.82) is 0 Å². The van der Waals surface area contributed by atoms with E-state index in [1.54, 1.807) is 4.90 Å². The number of halogens is 1. The molecule has 0 aliphatic carbocycles. The molecular formula is C19H24FN3O2. The molecule has 1 aromatic carbocycles. The Morgan fingerprint density at radius 3 is 2.88 bits per heavy atom. The molecule has 2 aromatic rings. The lowest BCUT2D eigenvalue weighted by molar-refractivity contribution is -0.137. The molecule has 134 valence electrons. The summed E-state index contributed by atoms with van der Waals surface area (Å²) in [6.45, 7) is 4.96. The Labute approximate surface area is 146 Å². The summed E-state index contributed by atoms with van der Waals surface area (Å²) < 4.78 is 14.0. The van der Waals surface area contributed by atoms with E-state index in [1.807, 2.05) is 13.8 Å². The molecule has 0 unspecified atom stereocenters. The van der Waals surface area contributed by atoms with Crippen LogP contribution in [-0.2, 0) is 22.6 Å². The van der Waals surface area contributed by atoms with Gasteiger partial charge in [-0.05, 0) is 49.4 Å². The van der Waals surface area contributed by atoms with Crippen LogP contribution in [0.3, 0.4) is 0 Å². The number of hydrogen-bond acceptors (Lipinski definition) is 2. The summed E-state index contributed by atoms with van der Waals surface area (Å²) >= 11 is 0. The van der Waals surface area contributed by atoms with Gasteiger partial charge in [-0.25, -0.2) is 4.39 Å². The summed E-state index contributed by atoms with van der Waals surface area (Å²) in [5, 5.41) is 3.67. The van der Waals surface area contributed by atoms with E-state index in [2.05, 4.69) is 10.3 Å². The molecule has 1 aliphatic rings. The number of aromatic nitrogens is 1. The van der Waals surface area contributed by atoms with Crippen LogP contribution in [0.2, 0.25) is 0 Å². The van der Waals surface area contributed by atoms with Gasteiger partial charge in [0.05, 0.1) is 12.1 Å². The fourth-order valence-corrected chi connectivity index (χ4v) is 3.46. The van der Waals surface area contributed by atoms with Gasteiger partial charge in [0.2, 0.25) is 11.8 Å². The van der Waals surface area contributed by atoms with Gasteiger partial charge in [-0.2, -0.15) is 0 Å². The number of carbonyl (C=O) groups is 2. The maximum Gasteiger partial charge on any atom is 0.239 e. The van der Waals surface area contributed by atoms with Crippen LogP contribution in [0.4, 0.5) is 4.39 Å². The van der Waals surface area contributed by atoms with E-state index >= 15 is 0 Å². The van der Waals surface area contributed by atoms with Crippen LogP contribution in [0, 0.1) is 12.7 Å². The van der Waals surface area contributed by atoms with Gasteiger partial charge in [0.25, 0.3) is 0 Å². The molecule has 2 heterocycles. The van der Waals surface area contributed by atoms with E-state index in [4.69, 9.17) is 0 Å². The Balaban J connectivity index is 1.72. The summed E-state index contributed by atoms with van der Waals surface area (Å²) in [6.07, 6.45) is 3.18. The zero-order valence-electron chi connectivity index (χ0n) is 14.7. The quantitative estimate of drug-likeness (QED) is 0.875. The van der Waals surface area contributed by atoms with Gasteiger partial charge in [0, 0.05) is 30.6 Å². The molecule has 6 heteroatoms. The van der Waals surface area contributed by atoms with Gasteiger partial charge < -0.3 is 15.2 Å². The first kappa shape index (κ1) is 17.5. The van der Waals surface area contributed by atoms with Crippen LogP contribution in [0.25, 0.3) is 10.9 Å². The molecule has 0 atom stereocenters. The zero-order chi connectivity index (χ0) is 18.0. The third-order valence-corrected chi connectivity index (χ3v) is 4.90. The summed E-state index contributed by atoms with van der Waals surface area (Å²) in [4.78, 5) is 28.9. The molecule has 1 aromatic heterocycles. The number of aromatic amines is 1. The summed E-state index contributed by atoms with van der Waals surface area (Å²) in [7, 11) is 0. The highest BCUT2D eigenvalue weighted by Gasteiger charge is 2.20. The first-order valence-corrected chi connectivity index (χ1v) is 8.83. The van der Waals surface area contributed by atoms with E-state index < -0.39 is 0 Å². The normalized spacial score (nSPS) is 15.0. The third-order valence-electron chi connectivity index (χ3n) is 4.90. The van der Waals surface area contributed by atoms with Gasteiger partial charge in [-0.3, -0.25) is 9.59 Å². The smallest absolute Gasteiger partial charge is 0.239 e. The summed E-state index contributed by atoms with van der Waals surface area (Å²) in [6, 6.07) is 2.97. The standard InChI is InChI=1S/C19H24FN3O2/c1-3-16-12(2)15-9-14(20)8-13(19(15)22-16)10-21-17(24)11-23-7-5-4-6-18(23)25/h8-9,22H,3-7,10-11H2,1-2H3,(H,21,24). The van der Waals surface area contributed by atoms with Gasteiger partial charge in [-0.1, -0.05) is 6.92 Å². The second-order valence-corrected chi connectivity index (χ2v) is 6.62. The number of amides is 2. The average Bonchev–Trinajstić information content (AvgIpc) is 2.91. The van der Waals surface area contributed by atoms with E-state index in [1.165, 1.54) is 12.1 Å². The molecule has 3 rings (SSSR count). The number of fused-ring (bicyclic) bond motifs is 1. The van der Waals surface area contributed by atoms with Crippen LogP contribution in [0.5, 0.6) is 0 Å². The Morgan fingerprint density at radius 2 is 2.16 bits per heavy atom. The number of aryl methyl sites for hydroxylation is 2. The van der Waals surface area contributed by atoms with Crippen molar-refractivity contribution in [3.05, 3.63) is 34.8 Å². The number of benzene rings is 1. The maximum absolute atomic E-state index is 14.0. The van der Waals surface area contributed by atoms with Crippen molar-refractivity contribution in [2.24, 2.45) is 0 Å². The monoisotopic (exact) mass is 345 g/mol. The van der Waals surface area contributed by atoms with Crippen molar-refractivity contribution in [3.8, 4) is 0 Å². The fourth-order valence-electron chi connectivity index (χ4n) is 3.46. The first-order chi connectivity index (χ1) is 12.0. The second-order valence-electron chi connectivity index (χ2n) is 6.62. The fraction of sp³-hybridized carbons (Fsp3) is 0.474. The molecular weight excluding hydrogens is 321 g/mol. The predicted octanol–water partition coefficient (Wildman–Crippen LogP) is 2.81. The minimum Gasteiger partial charge on any atom is -0.358 e. The number of piperidine rings is 1. The summed E-state index contributed by atoms with van der Waals surface area (Å²) in [5.74, 6) is -0.499. The lowest BCUT2D eigenvalue weighted by Gasteiger charge is -2.26. The molecule has 1 aliphatic heterocycles. The molecule has 5 nitrogen and oxygen atoms in total. The van der Waals surface area contributed by atoms with Crippen molar-refractivity contribution in [2.75, 3.05) is 13.1 Å². The van der Waals surface area contributed by atoms with Gasteiger partial charge in [-0.15, -0.1) is 0 Å². The number of rotatable bonds is 5. The largest absolute Gasteiger partial charge is 0.358 e. The molecule has 1 saturated heterocycles. The zero-order valence-corrected chi connectivity index (χ0v) is 14.7. The van der Waals surface area contributed by atoms with Gasteiger partial charge >= 0.3 is 0 Å². The number of nitrogens with one attached hydrogen (secondary N) is 2. The highest BCUT2D eigenvalue weighted by molar-refractivity contribution is 5.88. The Kier molecular flexibility index (Phi) is 5.06. The number of nitrogens with zero attached hydrogens (tertiary/aromatic N) is 1. The maximum atomic E-state index is 14.0. The minimum absolute atomic E-state index is 0.0297. The lowest BCUT2D eigenvalue weighted by Crippen LogP contribution is -2.42. The van der Waals surface area contributed by atoms with Crippen LogP contribution in [0.1, 0.15) is 43.0 Å². The van der Waals surface area contributed by atoms with Crippen LogP contribution < -0.4 is 5.32 Å². The SMILES string of the molecule is CCc1[nH]c2c(CNC(=O)CN3CCCCC3=O)cc(F)cc2c1C. The predicted molar refractivity (Wildman–Crippen MR) is 94.6 cm³/mol. The number of hydrogen-bond donors (Lipinski definition) is 2. The Morgan fingerprint density at radius 1 is 1.36 bits per heavy atom.